The molecule has 2 atom stereocenters. The highest BCUT2D eigenvalue weighted by atomic mass is 35.5. The third-order valence-corrected chi connectivity index (χ3v) is 3.56. The standard InChI is InChI=1S/C14H17Cl2N3O2/c1-14(2,3)12(20)13(19-7-17-18-8-19)21-11-5-4-9(15)6-10(11)16/h4-8,12-13,20H,1-3H3. The van der Waals surface area contributed by atoms with Gasteiger partial charge in [-0.3, -0.25) is 4.57 Å². The second-order valence-electron chi connectivity index (χ2n) is 5.80. The molecule has 21 heavy (non-hydrogen) atoms. The molecule has 114 valence electrons. The summed E-state index contributed by atoms with van der Waals surface area (Å²) in [6, 6.07) is 4.93. The average molecular weight is 330 g/mol. The van der Waals surface area contributed by atoms with Gasteiger partial charge in [0.25, 0.3) is 0 Å². The topological polar surface area (TPSA) is 60.2 Å². The summed E-state index contributed by atoms with van der Waals surface area (Å²) in [6.45, 7) is 5.76. The number of hydrogen-bond acceptors (Lipinski definition) is 4. The molecule has 1 aromatic heterocycles. The van der Waals surface area contributed by atoms with Crippen LogP contribution in [0.25, 0.3) is 0 Å². The third kappa shape index (κ3) is 3.87. The summed E-state index contributed by atoms with van der Waals surface area (Å²) in [7, 11) is 0. The SMILES string of the molecule is CC(C)(C)C(O)C(Oc1ccc(Cl)cc1Cl)n1cnnc1. The van der Waals surface area contributed by atoms with E-state index < -0.39 is 17.7 Å². The Bertz CT molecular complexity index is 597. The number of hydrogen-bond donors (Lipinski definition) is 1. The Morgan fingerprint density at radius 1 is 1.19 bits per heavy atom. The van der Waals surface area contributed by atoms with Gasteiger partial charge < -0.3 is 9.84 Å². The molecule has 0 aliphatic heterocycles. The van der Waals surface area contributed by atoms with Gasteiger partial charge in [0.15, 0.2) is 0 Å². The number of halogens is 2. The van der Waals surface area contributed by atoms with Crippen LogP contribution in [0.3, 0.4) is 0 Å². The number of rotatable bonds is 4. The highest BCUT2D eigenvalue weighted by Gasteiger charge is 2.33. The minimum absolute atomic E-state index is 0.377. The number of aliphatic hydroxyl groups is 1. The van der Waals surface area contributed by atoms with Crippen LogP contribution in [0.5, 0.6) is 5.75 Å². The molecule has 0 spiro atoms. The second-order valence-corrected chi connectivity index (χ2v) is 6.65. The van der Waals surface area contributed by atoms with Gasteiger partial charge in [-0.05, 0) is 23.6 Å². The molecule has 0 saturated carbocycles. The zero-order chi connectivity index (χ0) is 15.6. The summed E-state index contributed by atoms with van der Waals surface area (Å²) in [5.41, 5.74) is -0.395. The fourth-order valence-electron chi connectivity index (χ4n) is 1.76. The molecule has 0 aliphatic carbocycles. The van der Waals surface area contributed by atoms with Crippen LogP contribution in [-0.2, 0) is 0 Å². The Hall–Kier alpha value is -1.30. The Balaban J connectivity index is 2.33. The van der Waals surface area contributed by atoms with Crippen molar-refractivity contribution in [2.75, 3.05) is 0 Å². The molecule has 0 saturated heterocycles. The summed E-state index contributed by atoms with van der Waals surface area (Å²) in [5.74, 6) is 0.433. The van der Waals surface area contributed by atoms with Crippen LogP contribution < -0.4 is 4.74 Å². The maximum atomic E-state index is 10.6. The van der Waals surface area contributed by atoms with E-state index in [1.165, 1.54) is 12.7 Å². The van der Waals surface area contributed by atoms with Crippen molar-refractivity contribution in [1.29, 1.82) is 0 Å². The largest absolute Gasteiger partial charge is 0.466 e. The van der Waals surface area contributed by atoms with Crippen LogP contribution in [-0.4, -0.2) is 26.0 Å². The van der Waals surface area contributed by atoms with E-state index in [1.54, 1.807) is 22.8 Å². The highest BCUT2D eigenvalue weighted by molar-refractivity contribution is 6.35. The lowest BCUT2D eigenvalue weighted by atomic mass is 9.88. The molecular weight excluding hydrogens is 313 g/mol. The second kappa shape index (κ2) is 6.22. The molecule has 1 N–H and O–H groups in total. The first-order valence-corrected chi connectivity index (χ1v) is 7.18. The van der Waals surface area contributed by atoms with E-state index in [0.29, 0.717) is 15.8 Å². The fraction of sp³-hybridized carbons (Fsp3) is 0.429. The molecule has 2 unspecified atom stereocenters. The van der Waals surface area contributed by atoms with E-state index in [2.05, 4.69) is 10.2 Å². The fourth-order valence-corrected chi connectivity index (χ4v) is 2.21. The van der Waals surface area contributed by atoms with Gasteiger partial charge in [0.05, 0.1) is 5.02 Å². The number of ether oxygens (including phenoxy) is 1. The average Bonchev–Trinajstić information content (AvgIpc) is 2.90. The van der Waals surface area contributed by atoms with Gasteiger partial charge in [-0.2, -0.15) is 0 Å². The zero-order valence-corrected chi connectivity index (χ0v) is 13.5. The quantitative estimate of drug-likeness (QED) is 0.931. The molecule has 1 heterocycles. The van der Waals surface area contributed by atoms with Gasteiger partial charge in [-0.1, -0.05) is 44.0 Å². The number of aliphatic hydroxyl groups excluding tert-OH is 1. The third-order valence-electron chi connectivity index (χ3n) is 3.03. The van der Waals surface area contributed by atoms with Crippen molar-refractivity contribution in [3.8, 4) is 5.75 Å². The Kier molecular flexibility index (Phi) is 4.76. The van der Waals surface area contributed by atoms with Gasteiger partial charge in [-0.15, -0.1) is 10.2 Å². The lowest BCUT2D eigenvalue weighted by Crippen LogP contribution is -2.38. The summed E-state index contributed by atoms with van der Waals surface area (Å²) in [5, 5.41) is 19.0. The van der Waals surface area contributed by atoms with Crippen LogP contribution in [0.4, 0.5) is 0 Å². The van der Waals surface area contributed by atoms with Crippen LogP contribution in [0.2, 0.25) is 10.0 Å². The van der Waals surface area contributed by atoms with Crippen LogP contribution in [0.15, 0.2) is 30.9 Å². The molecule has 7 heteroatoms. The summed E-state index contributed by atoms with van der Waals surface area (Å²) >= 11 is 12.0. The molecule has 2 rings (SSSR count). The van der Waals surface area contributed by atoms with Crippen molar-refractivity contribution >= 4 is 23.2 Å². The molecule has 5 nitrogen and oxygen atoms in total. The van der Waals surface area contributed by atoms with Crippen LogP contribution in [0, 0.1) is 5.41 Å². The maximum absolute atomic E-state index is 10.6. The molecule has 2 aromatic rings. The minimum Gasteiger partial charge on any atom is -0.466 e. The minimum atomic E-state index is -0.791. The smallest absolute Gasteiger partial charge is 0.204 e. The Morgan fingerprint density at radius 3 is 2.33 bits per heavy atom. The van der Waals surface area contributed by atoms with Gasteiger partial charge >= 0.3 is 0 Å². The molecular formula is C14H17Cl2N3O2. The van der Waals surface area contributed by atoms with E-state index >= 15 is 0 Å². The number of aromatic nitrogens is 3. The van der Waals surface area contributed by atoms with Crippen LogP contribution >= 0.6 is 23.2 Å². The van der Waals surface area contributed by atoms with E-state index in [-0.39, 0.29) is 0 Å². The van der Waals surface area contributed by atoms with Gasteiger partial charge in [-0.25, -0.2) is 0 Å². The van der Waals surface area contributed by atoms with Gasteiger partial charge in [0.1, 0.15) is 24.5 Å². The molecule has 0 amide bonds. The highest BCUT2D eigenvalue weighted by Crippen LogP contribution is 2.34. The number of benzene rings is 1. The maximum Gasteiger partial charge on any atom is 0.204 e. The van der Waals surface area contributed by atoms with Crippen molar-refractivity contribution in [2.45, 2.75) is 33.1 Å². The van der Waals surface area contributed by atoms with Crippen molar-refractivity contribution in [1.82, 2.24) is 14.8 Å². The Labute approximate surface area is 133 Å². The zero-order valence-electron chi connectivity index (χ0n) is 12.0. The molecule has 1 aromatic carbocycles. The lowest BCUT2D eigenvalue weighted by molar-refractivity contribution is -0.0675. The lowest BCUT2D eigenvalue weighted by Gasteiger charge is -2.33. The van der Waals surface area contributed by atoms with E-state index in [1.807, 2.05) is 20.8 Å². The van der Waals surface area contributed by atoms with Crippen molar-refractivity contribution < 1.29 is 9.84 Å². The monoisotopic (exact) mass is 329 g/mol. The molecule has 0 fully saturated rings. The summed E-state index contributed by atoms with van der Waals surface area (Å²) < 4.78 is 7.47. The summed E-state index contributed by atoms with van der Waals surface area (Å²) in [4.78, 5) is 0. The molecule has 0 aliphatic rings. The molecule has 0 radical (unpaired) electrons. The first-order chi connectivity index (χ1) is 9.79. The first kappa shape index (κ1) is 16.1. The normalized spacial score (nSPS) is 14.8. The summed E-state index contributed by atoms with van der Waals surface area (Å²) in [6.07, 6.45) is 1.49. The first-order valence-electron chi connectivity index (χ1n) is 6.43. The van der Waals surface area contributed by atoms with Crippen molar-refractivity contribution in [3.63, 3.8) is 0 Å². The Morgan fingerprint density at radius 2 is 1.81 bits per heavy atom. The van der Waals surface area contributed by atoms with Gasteiger partial charge in [0, 0.05) is 5.02 Å². The predicted octanol–water partition coefficient (Wildman–Crippen LogP) is 3.57. The van der Waals surface area contributed by atoms with E-state index in [9.17, 15) is 5.11 Å². The van der Waals surface area contributed by atoms with E-state index in [0.717, 1.165) is 0 Å². The van der Waals surface area contributed by atoms with Crippen molar-refractivity contribution in [2.24, 2.45) is 5.41 Å². The number of nitrogens with zero attached hydrogens (tertiary/aromatic N) is 3. The van der Waals surface area contributed by atoms with Gasteiger partial charge in [0.2, 0.25) is 6.23 Å². The van der Waals surface area contributed by atoms with E-state index in [4.69, 9.17) is 27.9 Å². The molecule has 0 bridgehead atoms. The van der Waals surface area contributed by atoms with Crippen molar-refractivity contribution in [3.05, 3.63) is 40.9 Å². The van der Waals surface area contributed by atoms with Crippen LogP contribution in [0.1, 0.15) is 27.0 Å². The predicted molar refractivity (Wildman–Crippen MR) is 81.6 cm³/mol.